The van der Waals surface area contributed by atoms with Gasteiger partial charge in [0.25, 0.3) is 0 Å². The lowest BCUT2D eigenvalue weighted by Crippen LogP contribution is -2.47. The molecule has 0 aromatic carbocycles. The minimum atomic E-state index is -4.46. The van der Waals surface area contributed by atoms with Crippen LogP contribution in [0.5, 0.6) is 0 Å². The molecule has 9 nitrogen and oxygen atoms in total. The van der Waals surface area contributed by atoms with Gasteiger partial charge in [-0.3, -0.25) is 0 Å². The Hall–Kier alpha value is -3.02. The number of urea groups is 1. The van der Waals surface area contributed by atoms with Crippen molar-refractivity contribution in [3.63, 3.8) is 0 Å². The number of aromatic nitrogens is 4. The number of amides is 2. The Kier molecular flexibility index (Phi) is 4.73. The van der Waals surface area contributed by atoms with Gasteiger partial charge in [0.2, 0.25) is 0 Å². The molecular formula is C17H20F3N7O2. The maximum atomic E-state index is 12.3. The monoisotopic (exact) mass is 411 g/mol. The summed E-state index contributed by atoms with van der Waals surface area (Å²) in [6.07, 6.45) is -1.39. The number of aromatic amines is 1. The normalized spacial score (nSPS) is 18.5. The number of carbonyl (C=O) groups excluding carboxylic acids is 1. The van der Waals surface area contributed by atoms with Crippen LogP contribution >= 0.6 is 0 Å². The summed E-state index contributed by atoms with van der Waals surface area (Å²) in [5, 5.41) is 17.4. The molecule has 1 fully saturated rings. The van der Waals surface area contributed by atoms with Crippen molar-refractivity contribution >= 4 is 28.1 Å². The summed E-state index contributed by atoms with van der Waals surface area (Å²) in [5.74, 6) is 0.428. The summed E-state index contributed by atoms with van der Waals surface area (Å²) in [7, 11) is 0. The fourth-order valence-corrected chi connectivity index (χ4v) is 3.59. The molecule has 2 atom stereocenters. The van der Waals surface area contributed by atoms with E-state index in [4.69, 9.17) is 0 Å². The molecule has 2 amide bonds. The highest BCUT2D eigenvalue weighted by Gasteiger charge is 2.31. The molecule has 3 aromatic heterocycles. The standard InChI is InChI=1S/C17H20F3N7O2/c1-9(28)15-25-12-6-22-14-11(2-4-21-14)13(12)27(15)26-5-3-10(7-26)24-16(29)23-8-17(18,19)20/h2,4,6,9-10,28H,3,5,7-8H2,1H3,(H,21,22)(H2,23,24,29)/t9-,10+/m1/s1. The van der Waals surface area contributed by atoms with Gasteiger partial charge in [0.05, 0.1) is 18.8 Å². The predicted molar refractivity (Wildman–Crippen MR) is 99.0 cm³/mol. The number of fused-ring (bicyclic) bond motifs is 3. The highest BCUT2D eigenvalue weighted by Crippen LogP contribution is 2.28. The van der Waals surface area contributed by atoms with Crippen molar-refractivity contribution in [1.82, 2.24) is 30.3 Å². The number of aliphatic hydroxyl groups excluding tert-OH is 1. The van der Waals surface area contributed by atoms with Crippen molar-refractivity contribution in [3.8, 4) is 0 Å². The van der Waals surface area contributed by atoms with Crippen LogP contribution in [0.15, 0.2) is 18.5 Å². The van der Waals surface area contributed by atoms with E-state index in [9.17, 15) is 23.1 Å². The quantitative estimate of drug-likeness (QED) is 0.521. The van der Waals surface area contributed by atoms with E-state index in [0.717, 1.165) is 10.9 Å². The van der Waals surface area contributed by atoms with E-state index >= 15 is 0 Å². The van der Waals surface area contributed by atoms with Gasteiger partial charge in [0.1, 0.15) is 29.3 Å². The number of H-pyrrole nitrogens is 1. The van der Waals surface area contributed by atoms with Crippen LogP contribution in [0, 0.1) is 0 Å². The fraction of sp³-hybridized carbons (Fsp3) is 0.471. The van der Waals surface area contributed by atoms with Crippen LogP contribution in [0.25, 0.3) is 22.1 Å². The molecule has 1 aliphatic heterocycles. The van der Waals surface area contributed by atoms with Crippen LogP contribution in [-0.4, -0.2) is 62.6 Å². The number of halogens is 3. The molecule has 29 heavy (non-hydrogen) atoms. The summed E-state index contributed by atoms with van der Waals surface area (Å²) < 4.78 is 38.6. The number of alkyl halides is 3. The third-order valence-corrected chi connectivity index (χ3v) is 4.81. The first kappa shape index (κ1) is 19.3. The second kappa shape index (κ2) is 7.10. The molecule has 1 aliphatic rings. The molecule has 3 aromatic rings. The number of pyridine rings is 1. The highest BCUT2D eigenvalue weighted by atomic mass is 19.4. The van der Waals surface area contributed by atoms with Crippen LogP contribution < -0.4 is 15.6 Å². The fourth-order valence-electron chi connectivity index (χ4n) is 3.59. The molecule has 12 heteroatoms. The Balaban J connectivity index is 1.58. The van der Waals surface area contributed by atoms with Crippen molar-refractivity contribution in [1.29, 1.82) is 0 Å². The average Bonchev–Trinajstić information content (AvgIpc) is 3.35. The molecular weight excluding hydrogens is 391 g/mol. The molecule has 0 unspecified atom stereocenters. The van der Waals surface area contributed by atoms with Crippen molar-refractivity contribution in [2.24, 2.45) is 0 Å². The lowest BCUT2D eigenvalue weighted by Gasteiger charge is -2.24. The van der Waals surface area contributed by atoms with Crippen molar-refractivity contribution < 1.29 is 23.1 Å². The van der Waals surface area contributed by atoms with Gasteiger partial charge in [-0.1, -0.05) is 0 Å². The Bertz CT molecular complexity index is 1040. The summed E-state index contributed by atoms with van der Waals surface area (Å²) in [4.78, 5) is 23.6. The maximum Gasteiger partial charge on any atom is 0.405 e. The van der Waals surface area contributed by atoms with E-state index in [-0.39, 0.29) is 6.04 Å². The summed E-state index contributed by atoms with van der Waals surface area (Å²) >= 11 is 0. The maximum absolute atomic E-state index is 12.3. The summed E-state index contributed by atoms with van der Waals surface area (Å²) in [5.41, 5.74) is 2.07. The molecule has 4 heterocycles. The van der Waals surface area contributed by atoms with E-state index < -0.39 is 24.9 Å². The Morgan fingerprint density at radius 1 is 1.48 bits per heavy atom. The van der Waals surface area contributed by atoms with Gasteiger partial charge >= 0.3 is 12.2 Å². The molecule has 0 spiro atoms. The van der Waals surface area contributed by atoms with Gasteiger partial charge in [-0.25, -0.2) is 19.4 Å². The number of hydrogen-bond donors (Lipinski definition) is 4. The van der Waals surface area contributed by atoms with E-state index in [2.05, 4.69) is 20.3 Å². The van der Waals surface area contributed by atoms with E-state index in [1.54, 1.807) is 19.3 Å². The number of nitrogens with one attached hydrogen (secondary N) is 3. The van der Waals surface area contributed by atoms with Crippen molar-refractivity contribution in [3.05, 3.63) is 24.3 Å². The van der Waals surface area contributed by atoms with E-state index in [0.29, 0.717) is 36.5 Å². The molecule has 1 saturated heterocycles. The van der Waals surface area contributed by atoms with Crippen molar-refractivity contribution in [2.45, 2.75) is 31.7 Å². The van der Waals surface area contributed by atoms with Gasteiger partial charge in [-0.15, -0.1) is 0 Å². The SMILES string of the molecule is C[C@@H](O)c1nc2cnc3[nH]ccc3c2n1N1CC[C@H](NC(=O)NCC(F)(F)F)C1. The van der Waals surface area contributed by atoms with Gasteiger partial charge in [0.15, 0.2) is 5.82 Å². The van der Waals surface area contributed by atoms with Gasteiger partial charge < -0.3 is 25.7 Å². The average molecular weight is 411 g/mol. The van der Waals surface area contributed by atoms with E-state index in [1.807, 2.05) is 21.1 Å². The first-order valence-corrected chi connectivity index (χ1v) is 9.12. The number of hydrogen-bond acceptors (Lipinski definition) is 5. The van der Waals surface area contributed by atoms with Crippen molar-refractivity contribution in [2.75, 3.05) is 24.6 Å². The highest BCUT2D eigenvalue weighted by molar-refractivity contribution is 6.01. The molecule has 156 valence electrons. The topological polar surface area (TPSA) is 111 Å². The minimum Gasteiger partial charge on any atom is -0.385 e. The summed E-state index contributed by atoms with van der Waals surface area (Å²) in [6.45, 7) is 1.12. The predicted octanol–water partition coefficient (Wildman–Crippen LogP) is 1.54. The van der Waals surface area contributed by atoms with Gasteiger partial charge in [-0.05, 0) is 19.4 Å². The zero-order valence-electron chi connectivity index (χ0n) is 15.5. The molecule has 0 aliphatic carbocycles. The molecule has 4 rings (SSSR count). The molecule has 0 bridgehead atoms. The lowest BCUT2D eigenvalue weighted by atomic mass is 10.3. The Labute approximate surface area is 162 Å². The second-order valence-electron chi connectivity index (χ2n) is 7.03. The molecule has 0 saturated carbocycles. The number of rotatable bonds is 4. The van der Waals surface area contributed by atoms with Gasteiger partial charge in [0, 0.05) is 18.1 Å². The van der Waals surface area contributed by atoms with E-state index in [1.165, 1.54) is 0 Å². The smallest absolute Gasteiger partial charge is 0.385 e. The third-order valence-electron chi connectivity index (χ3n) is 4.81. The second-order valence-corrected chi connectivity index (χ2v) is 7.03. The zero-order valence-corrected chi connectivity index (χ0v) is 15.5. The number of carbonyl (C=O) groups is 1. The molecule has 4 N–H and O–H groups in total. The van der Waals surface area contributed by atoms with Crippen LogP contribution in [0.2, 0.25) is 0 Å². The van der Waals surface area contributed by atoms with Gasteiger partial charge in [-0.2, -0.15) is 13.2 Å². The number of nitrogens with zero attached hydrogens (tertiary/aromatic N) is 4. The van der Waals surface area contributed by atoms with Crippen LogP contribution in [0.3, 0.4) is 0 Å². The number of aliphatic hydroxyl groups is 1. The first-order chi connectivity index (χ1) is 13.7. The lowest BCUT2D eigenvalue weighted by molar-refractivity contribution is -0.122. The Morgan fingerprint density at radius 3 is 3.00 bits per heavy atom. The zero-order chi connectivity index (χ0) is 20.8. The molecule has 0 radical (unpaired) electrons. The van der Waals surface area contributed by atoms with Crippen LogP contribution in [0.4, 0.5) is 18.0 Å². The van der Waals surface area contributed by atoms with Crippen LogP contribution in [0.1, 0.15) is 25.3 Å². The Morgan fingerprint density at radius 2 is 2.28 bits per heavy atom. The first-order valence-electron chi connectivity index (χ1n) is 9.12. The largest absolute Gasteiger partial charge is 0.405 e. The number of imidazole rings is 1. The van der Waals surface area contributed by atoms with Crippen LogP contribution in [-0.2, 0) is 0 Å². The third kappa shape index (κ3) is 3.79. The minimum absolute atomic E-state index is 0.342. The summed E-state index contributed by atoms with van der Waals surface area (Å²) in [6, 6.07) is 0.661.